The molecule has 3 heterocycles. The maximum atomic E-state index is 13.1. The number of nitrogens with zero attached hydrogens (tertiary/aromatic N) is 4. The fourth-order valence-electron chi connectivity index (χ4n) is 3.07. The van der Waals surface area contributed by atoms with Crippen LogP contribution in [0.4, 0.5) is 4.39 Å². The van der Waals surface area contributed by atoms with Crippen LogP contribution >= 0.6 is 0 Å². The van der Waals surface area contributed by atoms with Gasteiger partial charge >= 0.3 is 0 Å². The second kappa shape index (κ2) is 7.67. The molecular weight excluding hydrogens is 373 g/mol. The van der Waals surface area contributed by atoms with Crippen LogP contribution in [0.25, 0.3) is 5.65 Å². The number of hydrogen-bond donors (Lipinski definition) is 2. The van der Waals surface area contributed by atoms with Crippen LogP contribution in [0, 0.1) is 12.7 Å². The van der Waals surface area contributed by atoms with Gasteiger partial charge in [-0.2, -0.15) is 9.61 Å². The van der Waals surface area contributed by atoms with Crippen LogP contribution < -0.4 is 5.32 Å². The Morgan fingerprint density at radius 2 is 1.97 bits per heavy atom. The molecular formula is C21H18FN5O2. The van der Waals surface area contributed by atoms with E-state index in [0.717, 1.165) is 11.1 Å². The van der Waals surface area contributed by atoms with Crippen molar-refractivity contribution in [1.29, 1.82) is 0 Å². The van der Waals surface area contributed by atoms with Gasteiger partial charge in [0.15, 0.2) is 5.65 Å². The standard InChI is InChI=1S/C21H18FN5O2/c1-13-17(9-14-4-6-16(22)7-5-14)21(29)27-19(26-13)18(12-25-27)20(28)24-11-15-3-2-8-23-10-15/h2-8,10,12,29H,9,11H2,1H3,(H,24,28). The molecule has 0 radical (unpaired) electrons. The maximum Gasteiger partial charge on any atom is 0.257 e. The third kappa shape index (κ3) is 3.77. The third-order valence-electron chi connectivity index (χ3n) is 4.64. The van der Waals surface area contributed by atoms with E-state index in [1.807, 2.05) is 6.07 Å². The average molecular weight is 391 g/mol. The number of halogens is 1. The van der Waals surface area contributed by atoms with Crippen molar-refractivity contribution in [3.05, 3.63) is 88.8 Å². The number of aryl methyl sites for hydroxylation is 1. The highest BCUT2D eigenvalue weighted by Crippen LogP contribution is 2.25. The Labute approximate surface area is 165 Å². The van der Waals surface area contributed by atoms with Crippen LogP contribution in [0.2, 0.25) is 0 Å². The van der Waals surface area contributed by atoms with Gasteiger partial charge in [-0.1, -0.05) is 18.2 Å². The summed E-state index contributed by atoms with van der Waals surface area (Å²) in [6, 6.07) is 9.69. The van der Waals surface area contributed by atoms with Gasteiger partial charge in [-0.05, 0) is 36.2 Å². The normalized spacial score (nSPS) is 11.0. The van der Waals surface area contributed by atoms with Gasteiger partial charge in [-0.15, -0.1) is 0 Å². The number of pyridine rings is 1. The number of nitrogens with one attached hydrogen (secondary N) is 1. The Morgan fingerprint density at radius 3 is 2.69 bits per heavy atom. The summed E-state index contributed by atoms with van der Waals surface area (Å²) in [6.07, 6.45) is 5.08. The molecule has 0 unspecified atom stereocenters. The van der Waals surface area contributed by atoms with Gasteiger partial charge in [0.2, 0.25) is 5.88 Å². The van der Waals surface area contributed by atoms with E-state index in [4.69, 9.17) is 0 Å². The minimum atomic E-state index is -0.346. The molecule has 0 saturated carbocycles. The first-order valence-corrected chi connectivity index (χ1v) is 9.00. The van der Waals surface area contributed by atoms with E-state index in [1.54, 1.807) is 37.5 Å². The molecule has 29 heavy (non-hydrogen) atoms. The molecule has 2 N–H and O–H groups in total. The molecule has 4 aromatic rings. The van der Waals surface area contributed by atoms with Crippen LogP contribution in [0.5, 0.6) is 5.88 Å². The molecule has 0 aliphatic heterocycles. The van der Waals surface area contributed by atoms with Crippen LogP contribution in [0.15, 0.2) is 55.0 Å². The average Bonchev–Trinajstić information content (AvgIpc) is 3.15. The molecule has 0 fully saturated rings. The highest BCUT2D eigenvalue weighted by molar-refractivity contribution is 5.99. The monoisotopic (exact) mass is 391 g/mol. The smallest absolute Gasteiger partial charge is 0.257 e. The first kappa shape index (κ1) is 18.5. The Morgan fingerprint density at radius 1 is 1.17 bits per heavy atom. The molecule has 4 rings (SSSR count). The topological polar surface area (TPSA) is 92.4 Å². The Hall–Kier alpha value is -3.81. The number of rotatable bonds is 5. The van der Waals surface area contributed by atoms with Gasteiger partial charge < -0.3 is 10.4 Å². The van der Waals surface area contributed by atoms with Crippen molar-refractivity contribution in [3.63, 3.8) is 0 Å². The Bertz CT molecular complexity index is 1170. The lowest BCUT2D eigenvalue weighted by Gasteiger charge is -2.10. The number of carbonyl (C=O) groups excluding carboxylic acids is 1. The van der Waals surface area contributed by atoms with Crippen molar-refractivity contribution < 1.29 is 14.3 Å². The summed E-state index contributed by atoms with van der Waals surface area (Å²) in [7, 11) is 0. The van der Waals surface area contributed by atoms with E-state index in [-0.39, 0.29) is 28.8 Å². The largest absolute Gasteiger partial charge is 0.493 e. The predicted molar refractivity (Wildman–Crippen MR) is 104 cm³/mol. The zero-order chi connectivity index (χ0) is 20.4. The molecule has 0 saturated heterocycles. The second-order valence-corrected chi connectivity index (χ2v) is 6.64. The third-order valence-corrected chi connectivity index (χ3v) is 4.64. The van der Waals surface area contributed by atoms with Gasteiger partial charge in [0.1, 0.15) is 11.4 Å². The molecule has 7 nitrogen and oxygen atoms in total. The van der Waals surface area contributed by atoms with Crippen LogP contribution in [0.3, 0.4) is 0 Å². The summed E-state index contributed by atoms with van der Waals surface area (Å²) in [5.74, 6) is -0.762. The molecule has 0 aliphatic rings. The van der Waals surface area contributed by atoms with E-state index in [2.05, 4.69) is 20.4 Å². The van der Waals surface area contributed by atoms with Crippen LogP contribution in [-0.2, 0) is 13.0 Å². The lowest BCUT2D eigenvalue weighted by molar-refractivity contribution is 0.0952. The number of benzene rings is 1. The SMILES string of the molecule is Cc1nc2c(C(=O)NCc3cccnc3)cnn2c(O)c1Cc1ccc(F)cc1. The number of aromatic hydroxyl groups is 1. The van der Waals surface area contributed by atoms with Gasteiger partial charge in [0.25, 0.3) is 5.91 Å². The summed E-state index contributed by atoms with van der Waals surface area (Å²) >= 11 is 0. The quantitative estimate of drug-likeness (QED) is 0.546. The van der Waals surface area contributed by atoms with Crippen molar-refractivity contribution >= 4 is 11.6 Å². The highest BCUT2D eigenvalue weighted by atomic mass is 19.1. The number of amides is 1. The summed E-state index contributed by atoms with van der Waals surface area (Å²) in [6.45, 7) is 2.07. The zero-order valence-corrected chi connectivity index (χ0v) is 15.6. The minimum absolute atomic E-state index is 0.0943. The summed E-state index contributed by atoms with van der Waals surface area (Å²) in [4.78, 5) is 21.1. The zero-order valence-electron chi connectivity index (χ0n) is 15.6. The summed E-state index contributed by atoms with van der Waals surface area (Å²) in [5, 5.41) is 17.6. The first-order valence-electron chi connectivity index (χ1n) is 9.00. The Kier molecular flexibility index (Phi) is 4.90. The number of hydrogen-bond acceptors (Lipinski definition) is 5. The summed E-state index contributed by atoms with van der Waals surface area (Å²) < 4.78 is 14.4. The molecule has 8 heteroatoms. The van der Waals surface area contributed by atoms with E-state index >= 15 is 0 Å². The first-order chi connectivity index (χ1) is 14.0. The minimum Gasteiger partial charge on any atom is -0.493 e. The fourth-order valence-corrected chi connectivity index (χ4v) is 3.07. The van der Waals surface area contributed by atoms with Crippen molar-refractivity contribution in [2.24, 2.45) is 0 Å². The van der Waals surface area contributed by atoms with E-state index < -0.39 is 0 Å². The molecule has 1 amide bonds. The van der Waals surface area contributed by atoms with Crippen LogP contribution in [0.1, 0.15) is 32.7 Å². The molecule has 0 atom stereocenters. The lowest BCUT2D eigenvalue weighted by Crippen LogP contribution is -2.23. The Balaban J connectivity index is 1.61. The maximum absolute atomic E-state index is 13.1. The van der Waals surface area contributed by atoms with E-state index in [1.165, 1.54) is 22.8 Å². The van der Waals surface area contributed by atoms with Crippen molar-refractivity contribution in [2.45, 2.75) is 19.9 Å². The van der Waals surface area contributed by atoms with Gasteiger partial charge in [-0.25, -0.2) is 9.37 Å². The molecule has 0 bridgehead atoms. The summed E-state index contributed by atoms with van der Waals surface area (Å²) in [5.41, 5.74) is 3.36. The molecule has 3 aromatic heterocycles. The van der Waals surface area contributed by atoms with Crippen molar-refractivity contribution in [1.82, 2.24) is 24.9 Å². The highest BCUT2D eigenvalue weighted by Gasteiger charge is 2.20. The van der Waals surface area contributed by atoms with Crippen molar-refractivity contribution in [2.75, 3.05) is 0 Å². The molecule has 1 aromatic carbocycles. The van der Waals surface area contributed by atoms with Gasteiger partial charge in [0.05, 0.1) is 6.20 Å². The predicted octanol–water partition coefficient (Wildman–Crippen LogP) is 2.80. The number of carbonyl (C=O) groups is 1. The van der Waals surface area contributed by atoms with Crippen LogP contribution in [-0.4, -0.2) is 30.6 Å². The van der Waals surface area contributed by atoms with E-state index in [0.29, 0.717) is 24.2 Å². The lowest BCUT2D eigenvalue weighted by atomic mass is 10.0. The van der Waals surface area contributed by atoms with Crippen molar-refractivity contribution in [3.8, 4) is 5.88 Å². The molecule has 0 aliphatic carbocycles. The molecule has 0 spiro atoms. The van der Waals surface area contributed by atoms with E-state index in [9.17, 15) is 14.3 Å². The van der Waals surface area contributed by atoms with Gasteiger partial charge in [0, 0.05) is 36.6 Å². The number of fused-ring (bicyclic) bond motifs is 1. The molecule has 146 valence electrons. The van der Waals surface area contributed by atoms with Gasteiger partial charge in [-0.3, -0.25) is 9.78 Å². The fraction of sp³-hybridized carbons (Fsp3) is 0.143. The number of aromatic nitrogens is 4. The second-order valence-electron chi connectivity index (χ2n) is 6.64.